The molecule has 2 N–H and O–H groups in total. The van der Waals surface area contributed by atoms with E-state index in [0.29, 0.717) is 11.0 Å². The zero-order chi connectivity index (χ0) is 17.1. The Morgan fingerprint density at radius 3 is 2.67 bits per heavy atom. The van der Waals surface area contributed by atoms with Gasteiger partial charge in [0.2, 0.25) is 0 Å². The summed E-state index contributed by atoms with van der Waals surface area (Å²) < 4.78 is 18.7. The molecule has 3 aromatic rings. The second kappa shape index (κ2) is 6.64. The first-order valence-electron chi connectivity index (χ1n) is 7.30. The Labute approximate surface area is 136 Å². The van der Waals surface area contributed by atoms with Gasteiger partial charge < -0.3 is 14.8 Å². The van der Waals surface area contributed by atoms with Gasteiger partial charge in [-0.05, 0) is 18.2 Å². The average molecular weight is 327 g/mol. The lowest BCUT2D eigenvalue weighted by Gasteiger charge is -2.12. The summed E-state index contributed by atoms with van der Waals surface area (Å²) in [7, 11) is 0. The number of aliphatic hydroxyl groups excluding tert-OH is 1. The second-order valence-electron chi connectivity index (χ2n) is 5.23. The highest BCUT2D eigenvalue weighted by atomic mass is 19.1. The van der Waals surface area contributed by atoms with Crippen molar-refractivity contribution in [2.24, 2.45) is 0 Å². The SMILES string of the molecule is O=C(NCC(O)c1ccccc1F)c1cc2ccccc2oc1=O. The number of carbonyl (C=O) groups excluding carboxylic acids is 1. The minimum absolute atomic E-state index is 0.0725. The standard InChI is InChI=1S/C18H14FNO4/c19-14-7-3-2-6-12(14)15(21)10-20-17(22)13-9-11-5-1-4-8-16(11)24-18(13)23/h1-9,15,21H,10H2,(H,20,22). The molecule has 1 aromatic heterocycles. The van der Waals surface area contributed by atoms with E-state index in [9.17, 15) is 19.1 Å². The number of nitrogens with one attached hydrogen (secondary N) is 1. The van der Waals surface area contributed by atoms with E-state index >= 15 is 0 Å². The molecule has 1 unspecified atom stereocenters. The first-order valence-corrected chi connectivity index (χ1v) is 7.30. The van der Waals surface area contributed by atoms with Crippen molar-refractivity contribution in [1.82, 2.24) is 5.32 Å². The lowest BCUT2D eigenvalue weighted by atomic mass is 10.1. The van der Waals surface area contributed by atoms with Crippen LogP contribution in [0.5, 0.6) is 0 Å². The molecule has 24 heavy (non-hydrogen) atoms. The van der Waals surface area contributed by atoms with Crippen LogP contribution in [0.3, 0.4) is 0 Å². The summed E-state index contributed by atoms with van der Waals surface area (Å²) in [6.45, 7) is -0.230. The molecule has 5 nitrogen and oxygen atoms in total. The van der Waals surface area contributed by atoms with Gasteiger partial charge in [0.15, 0.2) is 0 Å². The van der Waals surface area contributed by atoms with Crippen LogP contribution < -0.4 is 10.9 Å². The Morgan fingerprint density at radius 1 is 1.17 bits per heavy atom. The van der Waals surface area contributed by atoms with Crippen molar-refractivity contribution in [3.8, 4) is 0 Å². The van der Waals surface area contributed by atoms with Crippen LogP contribution >= 0.6 is 0 Å². The van der Waals surface area contributed by atoms with Gasteiger partial charge in [0, 0.05) is 17.5 Å². The number of amides is 1. The smallest absolute Gasteiger partial charge is 0.349 e. The van der Waals surface area contributed by atoms with Crippen LogP contribution in [0.2, 0.25) is 0 Å². The van der Waals surface area contributed by atoms with E-state index in [4.69, 9.17) is 4.42 Å². The van der Waals surface area contributed by atoms with Gasteiger partial charge in [0.25, 0.3) is 5.91 Å². The summed E-state index contributed by atoms with van der Waals surface area (Å²) in [5, 5.41) is 13.0. The third-order valence-corrected chi connectivity index (χ3v) is 3.61. The van der Waals surface area contributed by atoms with Crippen LogP contribution in [0, 0.1) is 5.82 Å². The van der Waals surface area contributed by atoms with E-state index in [2.05, 4.69) is 5.32 Å². The minimum Gasteiger partial charge on any atom is -0.422 e. The monoisotopic (exact) mass is 327 g/mol. The molecule has 0 saturated carbocycles. The number of benzene rings is 2. The zero-order valence-electron chi connectivity index (χ0n) is 12.5. The maximum Gasteiger partial charge on any atom is 0.349 e. The Kier molecular flexibility index (Phi) is 4.39. The van der Waals surface area contributed by atoms with Crippen LogP contribution in [-0.4, -0.2) is 17.6 Å². The molecule has 0 spiro atoms. The molecule has 122 valence electrons. The van der Waals surface area contributed by atoms with E-state index in [1.165, 1.54) is 24.3 Å². The number of hydrogen-bond acceptors (Lipinski definition) is 4. The van der Waals surface area contributed by atoms with Gasteiger partial charge in [-0.15, -0.1) is 0 Å². The summed E-state index contributed by atoms with van der Waals surface area (Å²) in [5.74, 6) is -1.26. The third kappa shape index (κ3) is 3.18. The Bertz CT molecular complexity index is 951. The number of halogens is 1. The number of rotatable bonds is 4. The van der Waals surface area contributed by atoms with Crippen molar-refractivity contribution in [3.63, 3.8) is 0 Å². The van der Waals surface area contributed by atoms with E-state index in [0.717, 1.165) is 0 Å². The quantitative estimate of drug-likeness (QED) is 0.721. The van der Waals surface area contributed by atoms with Crippen molar-refractivity contribution < 1.29 is 18.7 Å². The van der Waals surface area contributed by atoms with Gasteiger partial charge in [-0.25, -0.2) is 9.18 Å². The van der Waals surface area contributed by atoms with Gasteiger partial charge in [-0.3, -0.25) is 4.79 Å². The maximum atomic E-state index is 13.6. The van der Waals surface area contributed by atoms with Crippen molar-refractivity contribution in [2.45, 2.75) is 6.10 Å². The fourth-order valence-electron chi connectivity index (χ4n) is 2.36. The molecule has 0 aliphatic carbocycles. The molecule has 1 heterocycles. The fourth-order valence-corrected chi connectivity index (χ4v) is 2.36. The zero-order valence-corrected chi connectivity index (χ0v) is 12.5. The summed E-state index contributed by atoms with van der Waals surface area (Å²) in [6, 6.07) is 14.0. The van der Waals surface area contributed by atoms with Crippen LogP contribution in [0.25, 0.3) is 11.0 Å². The number of carbonyl (C=O) groups is 1. The number of hydrogen-bond donors (Lipinski definition) is 2. The Hall–Kier alpha value is -2.99. The molecule has 2 aromatic carbocycles. The molecule has 6 heteroatoms. The van der Waals surface area contributed by atoms with E-state index in [1.54, 1.807) is 30.3 Å². The topological polar surface area (TPSA) is 79.5 Å². The highest BCUT2D eigenvalue weighted by Gasteiger charge is 2.17. The Balaban J connectivity index is 1.77. The van der Waals surface area contributed by atoms with Crippen LogP contribution in [0.1, 0.15) is 22.0 Å². The molecular formula is C18H14FNO4. The predicted molar refractivity (Wildman–Crippen MR) is 86.2 cm³/mol. The van der Waals surface area contributed by atoms with Gasteiger partial charge in [-0.1, -0.05) is 36.4 Å². The molecular weight excluding hydrogens is 313 g/mol. The maximum absolute atomic E-state index is 13.6. The highest BCUT2D eigenvalue weighted by molar-refractivity contribution is 5.96. The highest BCUT2D eigenvalue weighted by Crippen LogP contribution is 2.16. The fraction of sp³-hybridized carbons (Fsp3) is 0.111. The lowest BCUT2D eigenvalue weighted by Crippen LogP contribution is -2.32. The molecule has 0 aliphatic heterocycles. The molecule has 0 radical (unpaired) electrons. The minimum atomic E-state index is -1.22. The summed E-state index contributed by atoms with van der Waals surface area (Å²) in [6.07, 6.45) is -1.22. The first kappa shape index (κ1) is 15.9. The van der Waals surface area contributed by atoms with E-state index in [-0.39, 0.29) is 17.7 Å². The van der Waals surface area contributed by atoms with E-state index in [1.807, 2.05) is 0 Å². The molecule has 0 bridgehead atoms. The van der Waals surface area contributed by atoms with Gasteiger partial charge >= 0.3 is 5.63 Å². The van der Waals surface area contributed by atoms with Crippen LogP contribution in [0.15, 0.2) is 63.8 Å². The third-order valence-electron chi connectivity index (χ3n) is 3.61. The summed E-state index contributed by atoms with van der Waals surface area (Å²) in [5.41, 5.74) is -0.491. The molecule has 0 fully saturated rings. The Morgan fingerprint density at radius 2 is 1.88 bits per heavy atom. The van der Waals surface area contributed by atoms with Crippen molar-refractivity contribution in [1.29, 1.82) is 0 Å². The number of aliphatic hydroxyl groups is 1. The van der Waals surface area contributed by atoms with Gasteiger partial charge in [0.05, 0.1) is 6.10 Å². The van der Waals surface area contributed by atoms with Crippen LogP contribution in [0.4, 0.5) is 4.39 Å². The first-order chi connectivity index (χ1) is 11.6. The van der Waals surface area contributed by atoms with Crippen molar-refractivity contribution in [3.05, 3.63) is 82.0 Å². The summed E-state index contributed by atoms with van der Waals surface area (Å²) >= 11 is 0. The number of fused-ring (bicyclic) bond motifs is 1. The lowest BCUT2D eigenvalue weighted by molar-refractivity contribution is 0.0910. The van der Waals surface area contributed by atoms with E-state index < -0.39 is 23.5 Å². The molecule has 3 rings (SSSR count). The van der Waals surface area contributed by atoms with Gasteiger partial charge in [-0.2, -0.15) is 0 Å². The summed E-state index contributed by atoms with van der Waals surface area (Å²) in [4.78, 5) is 24.0. The second-order valence-corrected chi connectivity index (χ2v) is 5.23. The molecule has 1 amide bonds. The largest absolute Gasteiger partial charge is 0.422 e. The van der Waals surface area contributed by atoms with Gasteiger partial charge in [0.1, 0.15) is 17.0 Å². The van der Waals surface area contributed by atoms with Crippen molar-refractivity contribution in [2.75, 3.05) is 6.54 Å². The predicted octanol–water partition coefficient (Wildman–Crippen LogP) is 2.40. The number of para-hydroxylation sites is 1. The normalized spacial score (nSPS) is 12.1. The molecule has 0 saturated heterocycles. The average Bonchev–Trinajstić information content (AvgIpc) is 2.59. The van der Waals surface area contributed by atoms with Crippen molar-refractivity contribution >= 4 is 16.9 Å². The van der Waals surface area contributed by atoms with Crippen LogP contribution in [-0.2, 0) is 0 Å². The molecule has 1 atom stereocenters. The molecule has 0 aliphatic rings.